The van der Waals surface area contributed by atoms with E-state index in [1.165, 1.54) is 31.6 Å². The van der Waals surface area contributed by atoms with E-state index in [0.717, 1.165) is 0 Å². The molecule has 0 bridgehead atoms. The van der Waals surface area contributed by atoms with Crippen molar-refractivity contribution in [2.24, 2.45) is 0 Å². The van der Waals surface area contributed by atoms with Gasteiger partial charge in [-0.25, -0.2) is 4.79 Å². The number of ether oxygens (including phenoxy) is 3. The Morgan fingerprint density at radius 1 is 0.933 bits per heavy atom. The van der Waals surface area contributed by atoms with Crippen LogP contribution in [0.3, 0.4) is 0 Å². The number of carbonyl (C=O) groups excluding carboxylic acids is 1. The molecule has 0 fully saturated rings. The van der Waals surface area contributed by atoms with Gasteiger partial charge < -0.3 is 18.6 Å². The van der Waals surface area contributed by atoms with E-state index in [-0.39, 0.29) is 22.5 Å². The number of rotatable bonds is 5. The summed E-state index contributed by atoms with van der Waals surface area (Å²) in [5.41, 5.74) is 0.279. The molecular weight excluding hydrogens is 452 g/mol. The lowest BCUT2D eigenvalue weighted by atomic mass is 10.2. The Labute approximate surface area is 179 Å². The molecule has 0 radical (unpaired) electrons. The molecule has 0 spiro atoms. The van der Waals surface area contributed by atoms with Crippen LogP contribution in [-0.2, 0) is 0 Å². The maximum atomic E-state index is 12.7. The molecule has 0 N–H and O–H groups in total. The molecule has 0 atom stereocenters. The van der Waals surface area contributed by atoms with Crippen molar-refractivity contribution in [2.75, 3.05) is 7.11 Å². The third-order valence-corrected chi connectivity index (χ3v) is 4.94. The van der Waals surface area contributed by atoms with Crippen molar-refractivity contribution in [3.05, 3.63) is 93.3 Å². The lowest BCUT2D eigenvalue weighted by molar-refractivity contribution is 0.0734. The topological polar surface area (TPSA) is 75.0 Å². The zero-order valence-corrected chi connectivity index (χ0v) is 17.3. The number of carbonyl (C=O) groups is 1. The molecule has 0 saturated carbocycles. The molecule has 0 saturated heterocycles. The maximum absolute atomic E-state index is 12.7. The highest BCUT2D eigenvalue weighted by molar-refractivity contribution is 9.10. The van der Waals surface area contributed by atoms with Crippen LogP contribution in [0, 0.1) is 0 Å². The summed E-state index contributed by atoms with van der Waals surface area (Å²) in [7, 11) is 1.52. The monoisotopic (exact) mass is 466 g/mol. The predicted molar refractivity (Wildman–Crippen MR) is 115 cm³/mol. The molecule has 6 nitrogen and oxygen atoms in total. The first-order chi connectivity index (χ1) is 14.5. The van der Waals surface area contributed by atoms with E-state index in [9.17, 15) is 9.59 Å². The summed E-state index contributed by atoms with van der Waals surface area (Å²) in [6, 6.07) is 18.3. The summed E-state index contributed by atoms with van der Waals surface area (Å²) in [6.07, 6.45) is 1.23. The summed E-state index contributed by atoms with van der Waals surface area (Å²) in [6.45, 7) is 0. The zero-order chi connectivity index (χ0) is 21.1. The van der Waals surface area contributed by atoms with Crippen molar-refractivity contribution in [1.82, 2.24) is 0 Å². The average molecular weight is 467 g/mol. The van der Waals surface area contributed by atoms with Gasteiger partial charge in [-0.15, -0.1) is 0 Å². The van der Waals surface area contributed by atoms with Gasteiger partial charge in [-0.05, 0) is 58.4 Å². The van der Waals surface area contributed by atoms with Crippen LogP contribution >= 0.6 is 15.9 Å². The van der Waals surface area contributed by atoms with Crippen LogP contribution in [-0.4, -0.2) is 13.1 Å². The van der Waals surface area contributed by atoms with Crippen LogP contribution < -0.4 is 19.6 Å². The van der Waals surface area contributed by atoms with Gasteiger partial charge in [-0.2, -0.15) is 0 Å². The highest BCUT2D eigenvalue weighted by atomic mass is 79.9. The van der Waals surface area contributed by atoms with Crippen molar-refractivity contribution in [2.45, 2.75) is 0 Å². The molecule has 7 heteroatoms. The van der Waals surface area contributed by atoms with E-state index in [2.05, 4.69) is 15.9 Å². The molecular formula is C23H15BrO6. The number of halogens is 1. The largest absolute Gasteiger partial charge is 0.497 e. The first-order valence-corrected chi connectivity index (χ1v) is 9.68. The quantitative estimate of drug-likeness (QED) is 0.282. The second kappa shape index (κ2) is 8.42. The molecule has 3 aromatic carbocycles. The SMILES string of the molecule is COc1cccc(C(=O)Oc2ccc3c(=O)c(Oc4ccccc4Br)coc3c2)c1. The first-order valence-electron chi connectivity index (χ1n) is 8.89. The fraction of sp³-hybridized carbons (Fsp3) is 0.0435. The number of esters is 1. The van der Waals surface area contributed by atoms with Gasteiger partial charge in [0.15, 0.2) is 0 Å². The number of methoxy groups -OCH3 is 1. The minimum absolute atomic E-state index is 0.0514. The van der Waals surface area contributed by atoms with E-state index in [4.69, 9.17) is 18.6 Å². The standard InChI is InChI=1S/C23H15BrO6/c1-27-15-6-4-5-14(11-15)23(26)29-16-9-10-17-20(12-16)28-13-21(22(17)25)30-19-8-3-2-7-18(19)24/h2-13H,1H3. The van der Waals surface area contributed by atoms with E-state index in [1.807, 2.05) is 6.07 Å². The number of fused-ring (bicyclic) bond motifs is 1. The molecule has 0 aliphatic carbocycles. The minimum Gasteiger partial charge on any atom is -0.497 e. The third-order valence-electron chi connectivity index (χ3n) is 4.29. The summed E-state index contributed by atoms with van der Waals surface area (Å²) in [5, 5.41) is 0.306. The second-order valence-corrected chi connectivity index (χ2v) is 7.10. The van der Waals surface area contributed by atoms with Crippen LogP contribution in [0.2, 0.25) is 0 Å². The van der Waals surface area contributed by atoms with Crippen molar-refractivity contribution in [3.63, 3.8) is 0 Å². The van der Waals surface area contributed by atoms with Crippen molar-refractivity contribution in [1.29, 1.82) is 0 Å². The van der Waals surface area contributed by atoms with E-state index in [0.29, 0.717) is 26.9 Å². The Morgan fingerprint density at radius 3 is 2.57 bits per heavy atom. The van der Waals surface area contributed by atoms with E-state index in [1.54, 1.807) is 42.5 Å². The normalized spacial score (nSPS) is 10.6. The Morgan fingerprint density at radius 2 is 1.77 bits per heavy atom. The van der Waals surface area contributed by atoms with Crippen LogP contribution in [0.25, 0.3) is 11.0 Å². The van der Waals surface area contributed by atoms with Gasteiger partial charge in [0.25, 0.3) is 0 Å². The van der Waals surface area contributed by atoms with Gasteiger partial charge in [0.2, 0.25) is 11.2 Å². The zero-order valence-electron chi connectivity index (χ0n) is 15.8. The molecule has 0 amide bonds. The molecule has 4 rings (SSSR count). The third kappa shape index (κ3) is 4.06. The van der Waals surface area contributed by atoms with Crippen LogP contribution in [0.15, 0.2) is 86.7 Å². The maximum Gasteiger partial charge on any atom is 0.343 e. The van der Waals surface area contributed by atoms with Crippen LogP contribution in [0.4, 0.5) is 0 Å². The summed E-state index contributed by atoms with van der Waals surface area (Å²) in [4.78, 5) is 25.1. The van der Waals surface area contributed by atoms with Crippen molar-refractivity contribution < 1.29 is 23.4 Å². The first kappa shape index (κ1) is 19.7. The van der Waals surface area contributed by atoms with Gasteiger partial charge >= 0.3 is 5.97 Å². The second-order valence-electron chi connectivity index (χ2n) is 6.24. The Bertz CT molecular complexity index is 1290. The molecule has 4 aromatic rings. The Kier molecular flexibility index (Phi) is 5.54. The summed E-state index contributed by atoms with van der Waals surface area (Å²) >= 11 is 3.37. The highest BCUT2D eigenvalue weighted by Crippen LogP contribution is 2.29. The summed E-state index contributed by atoms with van der Waals surface area (Å²) < 4.78 is 22.4. The average Bonchev–Trinajstić information content (AvgIpc) is 2.77. The number of hydrogen-bond acceptors (Lipinski definition) is 6. The fourth-order valence-electron chi connectivity index (χ4n) is 2.79. The minimum atomic E-state index is -0.551. The fourth-order valence-corrected chi connectivity index (χ4v) is 3.15. The Balaban J connectivity index is 1.60. The number of hydrogen-bond donors (Lipinski definition) is 0. The van der Waals surface area contributed by atoms with Gasteiger partial charge in [0.1, 0.15) is 29.1 Å². The molecule has 0 aliphatic heterocycles. The van der Waals surface area contributed by atoms with Gasteiger partial charge in [0.05, 0.1) is 22.5 Å². The van der Waals surface area contributed by atoms with E-state index < -0.39 is 5.97 Å². The van der Waals surface area contributed by atoms with Gasteiger partial charge in [-0.3, -0.25) is 4.79 Å². The lowest BCUT2D eigenvalue weighted by Gasteiger charge is -2.08. The molecule has 150 valence electrons. The molecule has 1 aromatic heterocycles. The molecule has 30 heavy (non-hydrogen) atoms. The van der Waals surface area contributed by atoms with Gasteiger partial charge in [0, 0.05) is 6.07 Å². The Hall–Kier alpha value is -3.58. The van der Waals surface area contributed by atoms with Crippen molar-refractivity contribution in [3.8, 4) is 23.0 Å². The summed E-state index contributed by atoms with van der Waals surface area (Å²) in [5.74, 6) is 0.789. The number of para-hydroxylation sites is 1. The molecule has 0 unspecified atom stereocenters. The van der Waals surface area contributed by atoms with Crippen LogP contribution in [0.1, 0.15) is 10.4 Å². The highest BCUT2D eigenvalue weighted by Gasteiger charge is 2.14. The van der Waals surface area contributed by atoms with Gasteiger partial charge in [-0.1, -0.05) is 18.2 Å². The number of benzene rings is 3. The predicted octanol–water partition coefficient (Wildman–Crippen LogP) is 5.58. The smallest absolute Gasteiger partial charge is 0.343 e. The lowest BCUT2D eigenvalue weighted by Crippen LogP contribution is -2.09. The molecule has 0 aliphatic rings. The van der Waals surface area contributed by atoms with Crippen molar-refractivity contribution >= 4 is 32.9 Å². The van der Waals surface area contributed by atoms with E-state index >= 15 is 0 Å². The molecule has 1 heterocycles. The van der Waals surface area contributed by atoms with Crippen LogP contribution in [0.5, 0.6) is 23.0 Å².